The van der Waals surface area contributed by atoms with Crippen LogP contribution in [-0.4, -0.2) is 60.6 Å². The summed E-state index contributed by atoms with van der Waals surface area (Å²) in [6, 6.07) is 7.68. The van der Waals surface area contributed by atoms with Crippen LogP contribution in [0.1, 0.15) is 20.8 Å². The number of carbonyl (C=O) groups excluding carboxylic acids is 2. The Morgan fingerprint density at radius 2 is 1.79 bits per heavy atom. The molecule has 0 saturated carbocycles. The quantitative estimate of drug-likeness (QED) is 0.601. The maximum atomic E-state index is 12.4. The Morgan fingerprint density at radius 3 is 2.29 bits per heavy atom. The van der Waals surface area contributed by atoms with Crippen LogP contribution in [0.5, 0.6) is 0 Å². The van der Waals surface area contributed by atoms with Gasteiger partial charge in [-0.2, -0.15) is 0 Å². The van der Waals surface area contributed by atoms with Crippen LogP contribution in [0.2, 0.25) is 5.02 Å². The Morgan fingerprint density at radius 1 is 1.21 bits per heavy atom. The van der Waals surface area contributed by atoms with E-state index in [1.54, 1.807) is 4.90 Å². The van der Waals surface area contributed by atoms with E-state index in [0.29, 0.717) is 24.5 Å². The number of nitrogens with zero attached hydrogens (tertiary/aromatic N) is 3. The SMILES string of the molecule is CC(C)(C)ON(C=O)CC(=O)N1CCN(c2ccc(Cl)cc2)CC1. The van der Waals surface area contributed by atoms with Crippen molar-refractivity contribution in [1.82, 2.24) is 9.96 Å². The molecule has 1 aromatic rings. The third-order valence-corrected chi connectivity index (χ3v) is 3.88. The second-order valence-corrected chi connectivity index (χ2v) is 7.16. The summed E-state index contributed by atoms with van der Waals surface area (Å²) < 4.78 is 0. The average molecular weight is 354 g/mol. The summed E-state index contributed by atoms with van der Waals surface area (Å²) in [6.07, 6.45) is 0.549. The summed E-state index contributed by atoms with van der Waals surface area (Å²) in [7, 11) is 0. The first-order valence-corrected chi connectivity index (χ1v) is 8.35. The third-order valence-electron chi connectivity index (χ3n) is 3.62. The van der Waals surface area contributed by atoms with Crippen molar-refractivity contribution in [3.63, 3.8) is 0 Å². The molecule has 0 aliphatic carbocycles. The average Bonchev–Trinajstić information content (AvgIpc) is 2.54. The van der Waals surface area contributed by atoms with Crippen LogP contribution in [0.3, 0.4) is 0 Å². The fourth-order valence-corrected chi connectivity index (χ4v) is 2.67. The monoisotopic (exact) mass is 353 g/mol. The van der Waals surface area contributed by atoms with Crippen LogP contribution in [0.4, 0.5) is 5.69 Å². The maximum Gasteiger partial charge on any atom is 0.244 e. The lowest BCUT2D eigenvalue weighted by molar-refractivity contribution is -0.217. The lowest BCUT2D eigenvalue weighted by Gasteiger charge is -2.37. The number of piperazine rings is 1. The van der Waals surface area contributed by atoms with E-state index in [1.165, 1.54) is 0 Å². The van der Waals surface area contributed by atoms with E-state index in [1.807, 2.05) is 45.0 Å². The summed E-state index contributed by atoms with van der Waals surface area (Å²) in [6.45, 7) is 8.15. The molecule has 2 amide bonds. The summed E-state index contributed by atoms with van der Waals surface area (Å²) in [5.74, 6) is -0.109. The van der Waals surface area contributed by atoms with Crippen molar-refractivity contribution in [2.75, 3.05) is 37.6 Å². The minimum atomic E-state index is -0.519. The Labute approximate surface area is 147 Å². The molecule has 1 aliphatic rings. The van der Waals surface area contributed by atoms with Crippen molar-refractivity contribution in [2.45, 2.75) is 26.4 Å². The van der Waals surface area contributed by atoms with Crippen molar-refractivity contribution in [2.24, 2.45) is 0 Å². The highest BCUT2D eigenvalue weighted by molar-refractivity contribution is 6.30. The number of hydrogen-bond acceptors (Lipinski definition) is 4. The zero-order valence-electron chi connectivity index (χ0n) is 14.4. The number of amides is 2. The smallest absolute Gasteiger partial charge is 0.244 e. The van der Waals surface area contributed by atoms with Gasteiger partial charge in [0, 0.05) is 36.9 Å². The number of rotatable bonds is 5. The van der Waals surface area contributed by atoms with Crippen LogP contribution >= 0.6 is 11.6 Å². The molecular weight excluding hydrogens is 330 g/mol. The van der Waals surface area contributed by atoms with Gasteiger partial charge in [-0.3, -0.25) is 14.4 Å². The zero-order valence-corrected chi connectivity index (χ0v) is 15.1. The number of anilines is 1. The number of hydroxylamine groups is 2. The van der Waals surface area contributed by atoms with Crippen molar-refractivity contribution < 1.29 is 14.4 Å². The van der Waals surface area contributed by atoms with Gasteiger partial charge in [-0.15, -0.1) is 0 Å². The van der Waals surface area contributed by atoms with Gasteiger partial charge in [-0.05, 0) is 45.0 Å². The van der Waals surface area contributed by atoms with Gasteiger partial charge < -0.3 is 9.80 Å². The minimum absolute atomic E-state index is 0.0677. The van der Waals surface area contributed by atoms with Crippen LogP contribution in [0.15, 0.2) is 24.3 Å². The van der Waals surface area contributed by atoms with Crippen molar-refractivity contribution in [1.29, 1.82) is 0 Å². The van der Waals surface area contributed by atoms with E-state index in [0.717, 1.165) is 23.8 Å². The third kappa shape index (κ3) is 5.39. The summed E-state index contributed by atoms with van der Waals surface area (Å²) >= 11 is 5.91. The second-order valence-electron chi connectivity index (χ2n) is 6.73. The predicted molar refractivity (Wildman–Crippen MR) is 93.9 cm³/mol. The zero-order chi connectivity index (χ0) is 17.7. The van der Waals surface area contributed by atoms with Crippen LogP contribution in [0.25, 0.3) is 0 Å². The second kappa shape index (κ2) is 7.85. The molecule has 2 rings (SSSR count). The molecule has 0 unspecified atom stereocenters. The van der Waals surface area contributed by atoms with Crippen LogP contribution in [0, 0.1) is 0 Å². The number of hydrogen-bond donors (Lipinski definition) is 0. The number of halogens is 1. The van der Waals surface area contributed by atoms with Crippen molar-refractivity contribution in [3.8, 4) is 0 Å². The van der Waals surface area contributed by atoms with Crippen LogP contribution < -0.4 is 4.90 Å². The molecule has 0 spiro atoms. The molecule has 0 radical (unpaired) electrons. The fourth-order valence-electron chi connectivity index (χ4n) is 2.54. The molecule has 0 aromatic heterocycles. The molecule has 132 valence electrons. The highest BCUT2D eigenvalue weighted by Gasteiger charge is 2.24. The van der Waals surface area contributed by atoms with Crippen LogP contribution in [-0.2, 0) is 14.4 Å². The topological polar surface area (TPSA) is 53.1 Å². The van der Waals surface area contributed by atoms with Crippen molar-refractivity contribution in [3.05, 3.63) is 29.3 Å². The number of benzene rings is 1. The van der Waals surface area contributed by atoms with Gasteiger partial charge in [0.1, 0.15) is 6.54 Å². The normalized spacial score (nSPS) is 15.3. The van der Waals surface area contributed by atoms with Gasteiger partial charge in [0.2, 0.25) is 12.3 Å². The van der Waals surface area contributed by atoms with Crippen molar-refractivity contribution >= 4 is 29.6 Å². The Hall–Kier alpha value is -1.79. The molecule has 1 saturated heterocycles. The summed E-state index contributed by atoms with van der Waals surface area (Å²) in [4.78, 5) is 32.8. The van der Waals surface area contributed by atoms with E-state index in [-0.39, 0.29) is 12.5 Å². The standard InChI is InChI=1S/C17H24ClN3O3/c1-17(2,3)24-21(13-22)12-16(23)20-10-8-19(9-11-20)15-6-4-14(18)5-7-15/h4-7,13H,8-12H2,1-3H3. The van der Waals surface area contributed by atoms with E-state index in [2.05, 4.69) is 4.90 Å². The van der Waals surface area contributed by atoms with Gasteiger partial charge in [0.15, 0.2) is 0 Å². The van der Waals surface area contributed by atoms with Gasteiger partial charge in [0.05, 0.1) is 5.60 Å². The first-order chi connectivity index (χ1) is 11.3. The maximum absolute atomic E-state index is 12.4. The van der Waals surface area contributed by atoms with E-state index < -0.39 is 5.60 Å². The molecule has 24 heavy (non-hydrogen) atoms. The Kier molecular flexibility index (Phi) is 6.07. The molecule has 0 atom stereocenters. The first-order valence-electron chi connectivity index (χ1n) is 7.98. The van der Waals surface area contributed by atoms with E-state index >= 15 is 0 Å². The van der Waals surface area contributed by atoms with E-state index in [9.17, 15) is 9.59 Å². The van der Waals surface area contributed by atoms with Gasteiger partial charge in [-0.1, -0.05) is 11.6 Å². The van der Waals surface area contributed by atoms with Gasteiger partial charge in [0.25, 0.3) is 0 Å². The van der Waals surface area contributed by atoms with E-state index in [4.69, 9.17) is 16.4 Å². The molecule has 1 aliphatic heterocycles. The van der Waals surface area contributed by atoms with Gasteiger partial charge >= 0.3 is 0 Å². The van der Waals surface area contributed by atoms with Gasteiger partial charge in [-0.25, -0.2) is 5.06 Å². The molecule has 0 bridgehead atoms. The highest BCUT2D eigenvalue weighted by Crippen LogP contribution is 2.19. The molecule has 1 heterocycles. The lowest BCUT2D eigenvalue weighted by Crippen LogP contribution is -2.51. The minimum Gasteiger partial charge on any atom is -0.368 e. The Bertz CT molecular complexity index is 563. The number of carbonyl (C=O) groups is 2. The largest absolute Gasteiger partial charge is 0.368 e. The molecule has 1 aromatic carbocycles. The summed E-state index contributed by atoms with van der Waals surface area (Å²) in [5, 5.41) is 1.77. The molecular formula is C17H24ClN3O3. The lowest BCUT2D eigenvalue weighted by atomic mass is 10.2. The summed E-state index contributed by atoms with van der Waals surface area (Å²) in [5.41, 5.74) is 0.575. The first kappa shape index (κ1) is 18.5. The molecule has 0 N–H and O–H groups in total. The molecule has 1 fully saturated rings. The Balaban J connectivity index is 1.85. The fraction of sp³-hybridized carbons (Fsp3) is 0.529. The predicted octanol–water partition coefficient (Wildman–Crippen LogP) is 2.18. The highest BCUT2D eigenvalue weighted by atomic mass is 35.5. The molecule has 6 nitrogen and oxygen atoms in total. The molecule has 7 heteroatoms.